The topological polar surface area (TPSA) is 97.5 Å². The molecular weight excluding hydrogens is 379 g/mol. The van der Waals surface area contributed by atoms with Gasteiger partial charge in [0.25, 0.3) is 0 Å². The van der Waals surface area contributed by atoms with Crippen LogP contribution in [0.4, 0.5) is 4.39 Å². The van der Waals surface area contributed by atoms with Crippen molar-refractivity contribution >= 4 is 20.0 Å². The highest BCUT2D eigenvalue weighted by Crippen LogP contribution is 2.32. The predicted octanol–water partition coefficient (Wildman–Crippen LogP) is 2.07. The molecule has 0 saturated heterocycles. The number of rotatable bonds is 7. The molecule has 0 amide bonds. The molecule has 1 aliphatic carbocycles. The molecule has 2 aromatic rings. The second-order valence-electron chi connectivity index (χ2n) is 6.38. The van der Waals surface area contributed by atoms with Gasteiger partial charge in [0.05, 0.1) is 9.79 Å². The van der Waals surface area contributed by atoms with E-state index in [1.165, 1.54) is 40.7 Å². The van der Waals surface area contributed by atoms with Gasteiger partial charge in [0.2, 0.25) is 20.0 Å². The fourth-order valence-corrected chi connectivity index (χ4v) is 4.60. The van der Waals surface area contributed by atoms with Crippen molar-refractivity contribution in [3.63, 3.8) is 0 Å². The van der Waals surface area contributed by atoms with Gasteiger partial charge in [-0.3, -0.25) is 0 Å². The highest BCUT2D eigenvalue weighted by atomic mass is 32.2. The van der Waals surface area contributed by atoms with Crippen molar-refractivity contribution in [3.8, 4) is 0 Å². The molecule has 9 heteroatoms. The van der Waals surface area contributed by atoms with E-state index in [2.05, 4.69) is 0 Å². The molecule has 0 atom stereocenters. The minimum Gasteiger partial charge on any atom is -0.225 e. The van der Waals surface area contributed by atoms with Crippen molar-refractivity contribution in [2.24, 2.45) is 11.1 Å². The first-order chi connectivity index (χ1) is 12.2. The van der Waals surface area contributed by atoms with Crippen LogP contribution in [0.1, 0.15) is 18.4 Å². The lowest BCUT2D eigenvalue weighted by atomic mass is 10.2. The Morgan fingerprint density at radius 3 is 1.96 bits per heavy atom. The number of hydrogen-bond acceptors (Lipinski definition) is 4. The van der Waals surface area contributed by atoms with E-state index in [9.17, 15) is 21.2 Å². The summed E-state index contributed by atoms with van der Waals surface area (Å²) in [6, 6.07) is 10.5. The van der Waals surface area contributed by atoms with Crippen LogP contribution in [-0.4, -0.2) is 27.7 Å². The third-order valence-electron chi connectivity index (χ3n) is 4.22. The molecule has 2 aromatic carbocycles. The minimum atomic E-state index is -3.89. The molecule has 6 nitrogen and oxygen atoms in total. The van der Waals surface area contributed by atoms with E-state index in [4.69, 9.17) is 5.14 Å². The lowest BCUT2D eigenvalue weighted by molar-refractivity contribution is 0.391. The van der Waals surface area contributed by atoms with Crippen molar-refractivity contribution in [2.45, 2.75) is 29.2 Å². The maximum Gasteiger partial charge on any atom is 0.243 e. The number of benzene rings is 2. The minimum absolute atomic E-state index is 0.00679. The Morgan fingerprint density at radius 1 is 0.923 bits per heavy atom. The van der Waals surface area contributed by atoms with Crippen LogP contribution < -0.4 is 5.14 Å². The van der Waals surface area contributed by atoms with E-state index in [1.807, 2.05) is 0 Å². The molecule has 0 spiro atoms. The lowest BCUT2D eigenvalue weighted by Crippen LogP contribution is -2.32. The Bertz CT molecular complexity index is 984. The predicted molar refractivity (Wildman–Crippen MR) is 94.5 cm³/mol. The lowest BCUT2D eigenvalue weighted by Gasteiger charge is -2.22. The molecule has 1 aliphatic rings. The molecule has 1 fully saturated rings. The summed E-state index contributed by atoms with van der Waals surface area (Å²) in [6.45, 7) is 0.493. The molecule has 0 unspecified atom stereocenters. The molecule has 0 heterocycles. The second kappa shape index (κ2) is 7.07. The van der Waals surface area contributed by atoms with Crippen molar-refractivity contribution in [3.05, 3.63) is 59.9 Å². The highest BCUT2D eigenvalue weighted by Gasteiger charge is 2.32. The molecule has 1 saturated carbocycles. The number of nitrogens with zero attached hydrogens (tertiary/aromatic N) is 1. The van der Waals surface area contributed by atoms with Crippen LogP contribution in [0.25, 0.3) is 0 Å². The van der Waals surface area contributed by atoms with E-state index in [0.29, 0.717) is 18.0 Å². The molecule has 0 aromatic heterocycles. The van der Waals surface area contributed by atoms with E-state index < -0.39 is 20.0 Å². The van der Waals surface area contributed by atoms with Crippen LogP contribution in [0.2, 0.25) is 0 Å². The van der Waals surface area contributed by atoms with Crippen LogP contribution in [0, 0.1) is 11.7 Å². The SMILES string of the molecule is NS(=O)(=O)c1ccc(S(=O)(=O)N(Cc2ccc(F)cc2)CC2CC2)cc1. The number of nitrogens with two attached hydrogens (primary N) is 1. The zero-order chi connectivity index (χ0) is 18.9. The van der Waals surface area contributed by atoms with Crippen LogP contribution in [0.3, 0.4) is 0 Å². The largest absolute Gasteiger partial charge is 0.243 e. The summed E-state index contributed by atoms with van der Waals surface area (Å²) < 4.78 is 63.1. The van der Waals surface area contributed by atoms with Gasteiger partial charge in [-0.05, 0) is 60.7 Å². The summed E-state index contributed by atoms with van der Waals surface area (Å²) in [5, 5.41) is 5.05. The van der Waals surface area contributed by atoms with E-state index >= 15 is 0 Å². The maximum absolute atomic E-state index is 13.1. The summed E-state index contributed by atoms with van der Waals surface area (Å²) in [6.07, 6.45) is 1.94. The first kappa shape index (κ1) is 19.0. The smallest absolute Gasteiger partial charge is 0.225 e. The van der Waals surface area contributed by atoms with Crippen LogP contribution >= 0.6 is 0 Å². The average molecular weight is 398 g/mol. The Morgan fingerprint density at radius 2 is 1.46 bits per heavy atom. The standard InChI is InChI=1S/C17H19FN2O4S2/c18-15-5-3-14(4-6-15)12-20(11-13-1-2-13)26(23,24)17-9-7-16(8-10-17)25(19,21)22/h3-10,13H,1-2,11-12H2,(H2,19,21,22). The molecule has 0 aliphatic heterocycles. The third-order valence-corrected chi connectivity index (χ3v) is 6.98. The number of primary sulfonamides is 1. The Hall–Kier alpha value is -1.81. The zero-order valence-electron chi connectivity index (χ0n) is 13.9. The molecule has 0 radical (unpaired) electrons. The van der Waals surface area contributed by atoms with Gasteiger partial charge in [-0.25, -0.2) is 26.4 Å². The average Bonchev–Trinajstić information content (AvgIpc) is 3.39. The normalized spacial score (nSPS) is 15.3. The summed E-state index contributed by atoms with van der Waals surface area (Å²) in [7, 11) is -7.71. The zero-order valence-corrected chi connectivity index (χ0v) is 15.5. The Kier molecular flexibility index (Phi) is 5.16. The van der Waals surface area contributed by atoms with Crippen molar-refractivity contribution in [2.75, 3.05) is 6.54 Å². The molecule has 3 rings (SSSR count). The van der Waals surface area contributed by atoms with E-state index in [1.54, 1.807) is 12.1 Å². The molecule has 2 N–H and O–H groups in total. The van der Waals surface area contributed by atoms with Crippen molar-refractivity contribution in [1.82, 2.24) is 4.31 Å². The Balaban J connectivity index is 1.89. The molecule has 140 valence electrons. The number of hydrogen-bond donors (Lipinski definition) is 1. The maximum atomic E-state index is 13.1. The second-order valence-corrected chi connectivity index (χ2v) is 9.88. The Labute approximate surface area is 152 Å². The van der Waals surface area contributed by atoms with E-state index in [0.717, 1.165) is 12.8 Å². The first-order valence-electron chi connectivity index (χ1n) is 8.04. The summed E-state index contributed by atoms with van der Waals surface area (Å²) in [5.74, 6) is -0.0714. The fourth-order valence-electron chi connectivity index (χ4n) is 2.58. The van der Waals surface area contributed by atoms with Gasteiger partial charge in [-0.15, -0.1) is 0 Å². The van der Waals surface area contributed by atoms with Gasteiger partial charge < -0.3 is 0 Å². The van der Waals surface area contributed by atoms with Gasteiger partial charge in [-0.2, -0.15) is 4.31 Å². The summed E-state index contributed by atoms with van der Waals surface area (Å²) in [4.78, 5) is -0.156. The molecule has 26 heavy (non-hydrogen) atoms. The number of sulfonamides is 2. The third kappa shape index (κ3) is 4.47. The quantitative estimate of drug-likeness (QED) is 0.772. The van der Waals surface area contributed by atoms with Gasteiger partial charge in [0, 0.05) is 13.1 Å². The first-order valence-corrected chi connectivity index (χ1v) is 11.0. The fraction of sp³-hybridized carbons (Fsp3) is 0.294. The van der Waals surface area contributed by atoms with Gasteiger partial charge in [-0.1, -0.05) is 12.1 Å². The van der Waals surface area contributed by atoms with Gasteiger partial charge in [0.15, 0.2) is 0 Å². The summed E-state index contributed by atoms with van der Waals surface area (Å²) in [5.41, 5.74) is 0.678. The monoisotopic (exact) mass is 398 g/mol. The van der Waals surface area contributed by atoms with Crippen LogP contribution in [0.5, 0.6) is 0 Å². The summed E-state index contributed by atoms with van der Waals surface area (Å²) >= 11 is 0. The van der Waals surface area contributed by atoms with E-state index in [-0.39, 0.29) is 22.2 Å². The number of halogens is 1. The van der Waals surface area contributed by atoms with Gasteiger partial charge >= 0.3 is 0 Å². The van der Waals surface area contributed by atoms with Crippen LogP contribution in [-0.2, 0) is 26.6 Å². The van der Waals surface area contributed by atoms with Crippen LogP contribution in [0.15, 0.2) is 58.3 Å². The van der Waals surface area contributed by atoms with Gasteiger partial charge in [0.1, 0.15) is 5.82 Å². The highest BCUT2D eigenvalue weighted by molar-refractivity contribution is 7.89. The molecular formula is C17H19FN2O4S2. The van der Waals surface area contributed by atoms with Crippen molar-refractivity contribution < 1.29 is 21.2 Å². The molecule has 0 bridgehead atoms. The van der Waals surface area contributed by atoms with Crippen molar-refractivity contribution in [1.29, 1.82) is 0 Å².